The summed E-state index contributed by atoms with van der Waals surface area (Å²) in [4.78, 5) is 14.1. The van der Waals surface area contributed by atoms with Crippen molar-refractivity contribution in [2.75, 3.05) is 0 Å². The summed E-state index contributed by atoms with van der Waals surface area (Å²) in [5.41, 5.74) is 1.17. The van der Waals surface area contributed by atoms with Crippen molar-refractivity contribution in [2.24, 2.45) is 0 Å². The van der Waals surface area contributed by atoms with Crippen molar-refractivity contribution in [3.05, 3.63) is 42.6 Å². The lowest BCUT2D eigenvalue weighted by Crippen LogP contribution is -2.16. The first-order chi connectivity index (χ1) is 10.9. The van der Waals surface area contributed by atoms with Gasteiger partial charge >= 0.3 is 0 Å². The summed E-state index contributed by atoms with van der Waals surface area (Å²) >= 11 is 1.38. The molecule has 7 heteroatoms. The number of benzene rings is 1. The van der Waals surface area contributed by atoms with Gasteiger partial charge in [-0.25, -0.2) is 15.0 Å². The van der Waals surface area contributed by atoms with Crippen molar-refractivity contribution in [3.8, 4) is 17.0 Å². The van der Waals surface area contributed by atoms with E-state index in [1.807, 2.05) is 12.1 Å². The first-order valence-electron chi connectivity index (χ1n) is 7.14. The molecule has 1 aromatic carbocycles. The van der Waals surface area contributed by atoms with Crippen molar-refractivity contribution in [1.82, 2.24) is 25.1 Å². The maximum Gasteiger partial charge on any atom is 0.188 e. The van der Waals surface area contributed by atoms with Gasteiger partial charge in [-0.1, -0.05) is 32.9 Å². The van der Waals surface area contributed by atoms with Crippen molar-refractivity contribution < 1.29 is 5.11 Å². The number of nitrogens with zero attached hydrogens (tertiary/aromatic N) is 4. The second-order valence-corrected chi connectivity index (χ2v) is 7.10. The number of phenols is 1. The number of nitrogens with one attached hydrogen (secondary N) is 1. The van der Waals surface area contributed by atoms with Gasteiger partial charge in [0.05, 0.1) is 10.6 Å². The minimum Gasteiger partial charge on any atom is -0.507 e. The highest BCUT2D eigenvalue weighted by Gasteiger charge is 2.21. The van der Waals surface area contributed by atoms with E-state index in [4.69, 9.17) is 4.98 Å². The molecule has 0 spiro atoms. The summed E-state index contributed by atoms with van der Waals surface area (Å²) in [6.07, 6.45) is 3.22. The molecule has 2 aromatic heterocycles. The Labute approximate surface area is 138 Å². The third-order valence-electron chi connectivity index (χ3n) is 3.18. The molecule has 0 saturated carbocycles. The second-order valence-electron chi connectivity index (χ2n) is 6.07. The number of rotatable bonds is 3. The number of para-hydroxylation sites is 1. The molecule has 0 amide bonds. The lowest BCUT2D eigenvalue weighted by atomic mass is 9.95. The average Bonchev–Trinajstić information content (AvgIpc) is 3.00. The smallest absolute Gasteiger partial charge is 0.188 e. The van der Waals surface area contributed by atoms with Gasteiger partial charge in [-0.05, 0) is 23.9 Å². The van der Waals surface area contributed by atoms with Crippen molar-refractivity contribution in [2.45, 2.75) is 36.2 Å². The van der Waals surface area contributed by atoms with Crippen molar-refractivity contribution in [1.29, 1.82) is 0 Å². The first kappa shape index (κ1) is 15.5. The Bertz CT molecular complexity index is 812. The monoisotopic (exact) mass is 327 g/mol. The van der Waals surface area contributed by atoms with Crippen LogP contribution in [0.3, 0.4) is 0 Å². The molecule has 0 unspecified atom stereocenters. The average molecular weight is 327 g/mol. The van der Waals surface area contributed by atoms with Crippen LogP contribution in [-0.4, -0.2) is 30.3 Å². The van der Waals surface area contributed by atoms with E-state index in [9.17, 15) is 5.11 Å². The maximum absolute atomic E-state index is 10.2. The number of aromatic nitrogens is 5. The van der Waals surface area contributed by atoms with Crippen LogP contribution in [0.2, 0.25) is 0 Å². The first-order valence-corrected chi connectivity index (χ1v) is 7.96. The summed E-state index contributed by atoms with van der Waals surface area (Å²) in [6.45, 7) is 6.17. The summed E-state index contributed by atoms with van der Waals surface area (Å²) in [6, 6.07) is 7.15. The minimum atomic E-state index is -0.186. The van der Waals surface area contributed by atoms with Gasteiger partial charge in [-0.3, -0.25) is 5.10 Å². The Morgan fingerprint density at radius 1 is 1.13 bits per heavy atom. The topological polar surface area (TPSA) is 87.6 Å². The van der Waals surface area contributed by atoms with Crippen LogP contribution in [0.5, 0.6) is 5.75 Å². The molecule has 0 saturated heterocycles. The molecule has 118 valence electrons. The third-order valence-corrected chi connectivity index (χ3v) is 4.09. The Hall–Kier alpha value is -2.41. The number of aromatic hydroxyl groups is 1. The minimum absolute atomic E-state index is 0.186. The second kappa shape index (κ2) is 6.00. The molecule has 0 atom stereocenters. The summed E-state index contributed by atoms with van der Waals surface area (Å²) < 4.78 is 0. The predicted molar refractivity (Wildman–Crippen MR) is 88.3 cm³/mol. The Morgan fingerprint density at radius 3 is 2.57 bits per heavy atom. The zero-order valence-electron chi connectivity index (χ0n) is 13.1. The fraction of sp³-hybridized carbons (Fsp3) is 0.250. The van der Waals surface area contributed by atoms with Crippen LogP contribution in [0, 0.1) is 0 Å². The molecule has 0 bridgehead atoms. The van der Waals surface area contributed by atoms with Gasteiger partial charge in [-0.15, -0.1) is 0 Å². The van der Waals surface area contributed by atoms with E-state index in [0.29, 0.717) is 16.4 Å². The van der Waals surface area contributed by atoms with Gasteiger partial charge in [0.15, 0.2) is 5.16 Å². The Balaban J connectivity index is 2.14. The van der Waals surface area contributed by atoms with Crippen LogP contribution in [0.1, 0.15) is 26.6 Å². The van der Waals surface area contributed by atoms with E-state index in [2.05, 4.69) is 40.9 Å². The molecule has 0 aliphatic carbocycles. The molecular formula is C16H17N5OS. The molecule has 0 aliphatic heterocycles. The highest BCUT2D eigenvalue weighted by atomic mass is 32.2. The number of aromatic amines is 1. The number of H-pyrrole nitrogens is 1. The summed E-state index contributed by atoms with van der Waals surface area (Å²) in [5.74, 6) is 0.906. The van der Waals surface area contributed by atoms with Crippen LogP contribution in [0.25, 0.3) is 11.3 Å². The van der Waals surface area contributed by atoms with Crippen LogP contribution in [0.15, 0.2) is 46.8 Å². The van der Waals surface area contributed by atoms with Crippen LogP contribution in [-0.2, 0) is 5.41 Å². The van der Waals surface area contributed by atoms with Gasteiger partial charge in [0.1, 0.15) is 17.9 Å². The molecule has 23 heavy (non-hydrogen) atoms. The summed E-state index contributed by atoms with van der Waals surface area (Å²) in [7, 11) is 0. The molecule has 0 radical (unpaired) electrons. The van der Waals surface area contributed by atoms with Gasteiger partial charge in [0, 0.05) is 17.2 Å². The third kappa shape index (κ3) is 3.34. The van der Waals surface area contributed by atoms with Gasteiger partial charge in [0.2, 0.25) is 0 Å². The molecular weight excluding hydrogens is 310 g/mol. The van der Waals surface area contributed by atoms with E-state index >= 15 is 0 Å². The number of hydrogen-bond acceptors (Lipinski definition) is 6. The lowest BCUT2D eigenvalue weighted by molar-refractivity contribution is 0.476. The predicted octanol–water partition coefficient (Wildman–Crippen LogP) is 3.42. The SMILES string of the molecule is CC(C)(C)c1ncc(Sc2ncn[nH]2)c(-c2ccccc2O)n1. The number of phenolic OH excluding ortho intramolecular Hbond substituents is 1. The zero-order chi connectivity index (χ0) is 16.4. The van der Waals surface area contributed by atoms with Crippen LogP contribution < -0.4 is 0 Å². The molecule has 0 fully saturated rings. The molecule has 3 rings (SSSR count). The molecule has 3 aromatic rings. The van der Waals surface area contributed by atoms with Gasteiger partial charge < -0.3 is 5.11 Å². The lowest BCUT2D eigenvalue weighted by Gasteiger charge is -2.18. The highest BCUT2D eigenvalue weighted by molar-refractivity contribution is 7.99. The normalized spacial score (nSPS) is 11.6. The largest absolute Gasteiger partial charge is 0.507 e. The zero-order valence-corrected chi connectivity index (χ0v) is 13.9. The van der Waals surface area contributed by atoms with Gasteiger partial charge in [0.25, 0.3) is 0 Å². The van der Waals surface area contributed by atoms with Crippen LogP contribution in [0.4, 0.5) is 0 Å². The number of hydrogen-bond donors (Lipinski definition) is 2. The van der Waals surface area contributed by atoms with E-state index < -0.39 is 0 Å². The summed E-state index contributed by atoms with van der Waals surface area (Å²) in [5, 5.41) is 17.5. The molecule has 0 aliphatic rings. The van der Waals surface area contributed by atoms with E-state index in [1.54, 1.807) is 18.3 Å². The Kier molecular flexibility index (Phi) is 4.04. The molecule has 2 heterocycles. The quantitative estimate of drug-likeness (QED) is 0.766. The fourth-order valence-corrected chi connectivity index (χ4v) is 2.79. The van der Waals surface area contributed by atoms with E-state index in [0.717, 1.165) is 10.7 Å². The maximum atomic E-state index is 10.2. The Morgan fingerprint density at radius 2 is 1.91 bits per heavy atom. The van der Waals surface area contributed by atoms with Crippen molar-refractivity contribution >= 4 is 11.8 Å². The van der Waals surface area contributed by atoms with Crippen molar-refractivity contribution in [3.63, 3.8) is 0 Å². The molecule has 6 nitrogen and oxygen atoms in total. The highest BCUT2D eigenvalue weighted by Crippen LogP contribution is 2.37. The standard InChI is InChI=1S/C16H17N5OS/c1-16(2,3)14-17-8-12(23-15-18-9-19-21-15)13(20-14)10-6-4-5-7-11(10)22/h4-9,22H,1-3H3,(H,18,19,21). The molecule has 2 N–H and O–H groups in total. The van der Waals surface area contributed by atoms with E-state index in [-0.39, 0.29) is 11.2 Å². The van der Waals surface area contributed by atoms with E-state index in [1.165, 1.54) is 18.1 Å². The van der Waals surface area contributed by atoms with Gasteiger partial charge in [-0.2, -0.15) is 5.10 Å². The van der Waals surface area contributed by atoms with Crippen LogP contribution >= 0.6 is 11.8 Å². The fourth-order valence-electron chi connectivity index (χ4n) is 2.02.